The van der Waals surface area contributed by atoms with Gasteiger partial charge in [-0.05, 0) is 47.7 Å². The topological polar surface area (TPSA) is 29.0 Å². The van der Waals surface area contributed by atoms with Gasteiger partial charge in [0.15, 0.2) is 0 Å². The Kier molecular flexibility index (Phi) is 5.09. The number of benzene rings is 2. The fraction of sp³-hybridized carbons (Fsp3) is 0.217. The third kappa shape index (κ3) is 3.38. The summed E-state index contributed by atoms with van der Waals surface area (Å²) >= 11 is 7.94. The van der Waals surface area contributed by atoms with Crippen LogP contribution in [0.25, 0.3) is 21.3 Å². The van der Waals surface area contributed by atoms with Gasteiger partial charge in [-0.15, -0.1) is 11.3 Å². The van der Waals surface area contributed by atoms with Gasteiger partial charge < -0.3 is 4.90 Å². The van der Waals surface area contributed by atoms with Crippen molar-refractivity contribution in [2.75, 3.05) is 11.9 Å². The van der Waals surface area contributed by atoms with Crippen molar-refractivity contribution < 1.29 is 0 Å². The molecule has 4 rings (SSSR count). The van der Waals surface area contributed by atoms with Crippen LogP contribution in [0.15, 0.2) is 54.6 Å². The number of thiophene rings is 1. The molecule has 0 radical (unpaired) electrons. The predicted octanol–water partition coefficient (Wildman–Crippen LogP) is 7.21. The van der Waals surface area contributed by atoms with Crippen molar-refractivity contribution in [3.8, 4) is 11.1 Å². The molecule has 3 nitrogen and oxygen atoms in total. The van der Waals surface area contributed by atoms with Gasteiger partial charge in [0.2, 0.25) is 5.28 Å². The van der Waals surface area contributed by atoms with Crippen molar-refractivity contribution in [2.45, 2.75) is 26.7 Å². The number of aromatic nitrogens is 2. The number of nitrogens with zero attached hydrogens (tertiary/aromatic N) is 3. The van der Waals surface area contributed by atoms with Gasteiger partial charge in [-0.2, -0.15) is 4.98 Å². The smallest absolute Gasteiger partial charge is 0.225 e. The lowest BCUT2D eigenvalue weighted by Crippen LogP contribution is -2.12. The Labute approximate surface area is 174 Å². The summed E-state index contributed by atoms with van der Waals surface area (Å²) in [5.41, 5.74) is 4.76. The molecule has 2 heterocycles. The number of fused-ring (bicyclic) bond motifs is 1. The van der Waals surface area contributed by atoms with Crippen LogP contribution in [0.1, 0.15) is 30.2 Å². The average Bonchev–Trinajstić information content (AvgIpc) is 3.03. The van der Waals surface area contributed by atoms with Gasteiger partial charge in [-0.3, -0.25) is 0 Å². The van der Waals surface area contributed by atoms with E-state index in [4.69, 9.17) is 11.6 Å². The highest BCUT2D eigenvalue weighted by atomic mass is 35.5. The molecule has 2 aromatic heterocycles. The highest BCUT2D eigenvalue weighted by Gasteiger charge is 2.21. The van der Waals surface area contributed by atoms with Crippen molar-refractivity contribution in [2.24, 2.45) is 0 Å². The molecule has 0 fully saturated rings. The highest BCUT2D eigenvalue weighted by Crippen LogP contribution is 2.43. The third-order valence-electron chi connectivity index (χ3n) is 5.01. The molecule has 2 aromatic carbocycles. The molecule has 5 heteroatoms. The molecule has 4 aromatic rings. The van der Waals surface area contributed by atoms with Crippen molar-refractivity contribution in [3.63, 3.8) is 0 Å². The summed E-state index contributed by atoms with van der Waals surface area (Å²) < 4.78 is 0. The summed E-state index contributed by atoms with van der Waals surface area (Å²) in [7, 11) is 2.02. The number of halogens is 1. The van der Waals surface area contributed by atoms with Gasteiger partial charge in [0, 0.05) is 23.2 Å². The van der Waals surface area contributed by atoms with Gasteiger partial charge in [0.05, 0.1) is 5.39 Å². The van der Waals surface area contributed by atoms with Crippen LogP contribution < -0.4 is 4.90 Å². The van der Waals surface area contributed by atoms with E-state index in [0.29, 0.717) is 5.92 Å². The quantitative estimate of drug-likeness (QED) is 0.334. The molecule has 0 atom stereocenters. The second-order valence-electron chi connectivity index (χ2n) is 7.20. The Hall–Kier alpha value is -2.43. The minimum absolute atomic E-state index is 0.272. The Bertz CT molecular complexity index is 1120. The molecule has 142 valence electrons. The van der Waals surface area contributed by atoms with Gasteiger partial charge in [0.25, 0.3) is 0 Å². The summed E-state index contributed by atoms with van der Waals surface area (Å²) in [6, 6.07) is 19.0. The maximum absolute atomic E-state index is 6.28. The Balaban J connectivity index is 1.94. The summed E-state index contributed by atoms with van der Waals surface area (Å²) in [5.74, 6) is 1.34. The summed E-state index contributed by atoms with van der Waals surface area (Å²) in [6.07, 6.45) is 0. The molecule has 0 bridgehead atoms. The first-order chi connectivity index (χ1) is 13.5. The maximum Gasteiger partial charge on any atom is 0.225 e. The number of anilines is 2. The number of hydrogen-bond acceptors (Lipinski definition) is 4. The molecule has 0 aliphatic heterocycles. The van der Waals surface area contributed by atoms with E-state index in [1.807, 2.05) is 25.2 Å². The zero-order valence-electron chi connectivity index (χ0n) is 16.4. The molecule has 0 aliphatic carbocycles. The number of para-hydroxylation sites is 1. The zero-order chi connectivity index (χ0) is 19.8. The van der Waals surface area contributed by atoms with Gasteiger partial charge >= 0.3 is 0 Å². The van der Waals surface area contributed by atoms with Crippen LogP contribution in [0.5, 0.6) is 0 Å². The molecule has 28 heavy (non-hydrogen) atoms. The fourth-order valence-corrected chi connectivity index (χ4v) is 4.72. The maximum atomic E-state index is 6.28. The van der Waals surface area contributed by atoms with Crippen LogP contribution in [-0.2, 0) is 0 Å². The molecule has 0 saturated carbocycles. The van der Waals surface area contributed by atoms with Crippen LogP contribution in [0.2, 0.25) is 5.28 Å². The first-order valence-corrected chi connectivity index (χ1v) is 10.5. The standard InChI is InChI=1S/C23H22ClN3S/c1-14(2)16-10-12-17(13-11-16)19-15(3)28-22-20(19)21(25-23(24)26-22)27(4)18-8-6-5-7-9-18/h5-14H,1-4H3. The van der Waals surface area contributed by atoms with E-state index in [0.717, 1.165) is 21.7 Å². The van der Waals surface area contributed by atoms with Crippen LogP contribution in [-0.4, -0.2) is 17.0 Å². The van der Waals surface area contributed by atoms with Gasteiger partial charge in [-0.25, -0.2) is 4.98 Å². The summed E-state index contributed by atoms with van der Waals surface area (Å²) in [6.45, 7) is 6.56. The molecule has 0 N–H and O–H groups in total. The van der Waals surface area contributed by atoms with Crippen LogP contribution in [0, 0.1) is 6.92 Å². The lowest BCUT2D eigenvalue weighted by Gasteiger charge is -2.20. The zero-order valence-corrected chi connectivity index (χ0v) is 18.0. The van der Waals surface area contributed by atoms with Crippen LogP contribution >= 0.6 is 22.9 Å². The third-order valence-corrected chi connectivity index (χ3v) is 6.18. The normalized spacial score (nSPS) is 11.4. The van der Waals surface area contributed by atoms with E-state index < -0.39 is 0 Å². The second kappa shape index (κ2) is 7.53. The summed E-state index contributed by atoms with van der Waals surface area (Å²) in [4.78, 5) is 13.3. The van der Waals surface area contributed by atoms with E-state index in [1.165, 1.54) is 21.6 Å². The van der Waals surface area contributed by atoms with Crippen molar-refractivity contribution in [3.05, 3.63) is 70.3 Å². The van der Waals surface area contributed by atoms with E-state index in [9.17, 15) is 0 Å². The van der Waals surface area contributed by atoms with Crippen LogP contribution in [0.3, 0.4) is 0 Å². The molecule has 0 unspecified atom stereocenters. The first-order valence-electron chi connectivity index (χ1n) is 9.31. The number of aryl methyl sites for hydroxylation is 1. The van der Waals surface area contributed by atoms with E-state index >= 15 is 0 Å². The predicted molar refractivity (Wildman–Crippen MR) is 121 cm³/mol. The van der Waals surface area contributed by atoms with E-state index in [2.05, 4.69) is 72.0 Å². The van der Waals surface area contributed by atoms with Gasteiger partial charge in [-0.1, -0.05) is 56.3 Å². The van der Waals surface area contributed by atoms with Gasteiger partial charge in [0.1, 0.15) is 10.6 Å². The first kappa shape index (κ1) is 18.9. The minimum atomic E-state index is 0.272. The summed E-state index contributed by atoms with van der Waals surface area (Å²) in [5, 5.41) is 1.32. The molecular weight excluding hydrogens is 386 g/mol. The largest absolute Gasteiger partial charge is 0.329 e. The van der Waals surface area contributed by atoms with Crippen molar-refractivity contribution in [1.29, 1.82) is 0 Å². The number of rotatable bonds is 4. The second-order valence-corrected chi connectivity index (χ2v) is 8.74. The average molecular weight is 408 g/mol. The molecular formula is C23H22ClN3S. The molecule has 0 spiro atoms. The Morgan fingerprint density at radius 1 is 0.964 bits per heavy atom. The number of hydrogen-bond donors (Lipinski definition) is 0. The monoisotopic (exact) mass is 407 g/mol. The van der Waals surface area contributed by atoms with Crippen LogP contribution in [0.4, 0.5) is 11.5 Å². The van der Waals surface area contributed by atoms with E-state index in [-0.39, 0.29) is 5.28 Å². The highest BCUT2D eigenvalue weighted by molar-refractivity contribution is 7.19. The Morgan fingerprint density at radius 3 is 2.29 bits per heavy atom. The van der Waals surface area contributed by atoms with Crippen molar-refractivity contribution >= 4 is 44.7 Å². The lowest BCUT2D eigenvalue weighted by atomic mass is 9.97. The van der Waals surface area contributed by atoms with Crippen molar-refractivity contribution in [1.82, 2.24) is 9.97 Å². The molecule has 0 amide bonds. The molecule has 0 saturated heterocycles. The fourth-order valence-electron chi connectivity index (χ4n) is 3.47. The van der Waals surface area contributed by atoms with E-state index in [1.54, 1.807) is 11.3 Å². The lowest BCUT2D eigenvalue weighted by molar-refractivity contribution is 0.867. The molecule has 0 aliphatic rings. The Morgan fingerprint density at radius 2 is 1.64 bits per heavy atom. The minimum Gasteiger partial charge on any atom is -0.329 e. The SMILES string of the molecule is Cc1sc2nc(Cl)nc(N(C)c3ccccc3)c2c1-c1ccc(C(C)C)cc1.